The molecular weight excluding hydrogens is 311 g/mol. The van der Waals surface area contributed by atoms with E-state index in [4.69, 9.17) is 4.74 Å². The Kier molecular flexibility index (Phi) is 4.47. The Morgan fingerprint density at radius 3 is 2.74 bits per heavy atom. The molecule has 5 heteroatoms. The van der Waals surface area contributed by atoms with E-state index in [9.17, 15) is 4.39 Å². The van der Waals surface area contributed by atoms with E-state index in [0.717, 1.165) is 12.8 Å². The van der Waals surface area contributed by atoms with E-state index in [0.29, 0.717) is 27.6 Å². The zero-order valence-electron chi connectivity index (χ0n) is 10.8. The Labute approximate surface area is 120 Å². The summed E-state index contributed by atoms with van der Waals surface area (Å²) in [6.45, 7) is 3.76. The highest BCUT2D eigenvalue weighted by Crippen LogP contribution is 2.24. The third-order valence-electron chi connectivity index (χ3n) is 2.56. The minimum absolute atomic E-state index is 0.292. The van der Waals surface area contributed by atoms with Crippen molar-refractivity contribution in [1.82, 2.24) is 9.97 Å². The van der Waals surface area contributed by atoms with Crippen molar-refractivity contribution in [2.45, 2.75) is 26.7 Å². The first-order valence-electron chi connectivity index (χ1n) is 6.06. The van der Waals surface area contributed by atoms with Crippen LogP contribution >= 0.6 is 15.9 Å². The first-order chi connectivity index (χ1) is 9.08. The Morgan fingerprint density at radius 2 is 2.05 bits per heavy atom. The van der Waals surface area contributed by atoms with E-state index in [1.54, 1.807) is 25.1 Å². The summed E-state index contributed by atoms with van der Waals surface area (Å²) in [6, 6.07) is 6.41. The molecular formula is C14H14BrFN2O. The summed E-state index contributed by atoms with van der Waals surface area (Å²) in [6.07, 6.45) is 1.73. The topological polar surface area (TPSA) is 35.0 Å². The van der Waals surface area contributed by atoms with Gasteiger partial charge in [0.2, 0.25) is 5.88 Å². The molecule has 0 radical (unpaired) electrons. The van der Waals surface area contributed by atoms with Crippen LogP contribution in [-0.2, 0) is 6.42 Å². The number of ether oxygens (including phenoxy) is 1. The minimum Gasteiger partial charge on any atom is -0.439 e. The zero-order chi connectivity index (χ0) is 13.8. The zero-order valence-corrected chi connectivity index (χ0v) is 12.4. The second-order valence-corrected chi connectivity index (χ2v) is 5.02. The van der Waals surface area contributed by atoms with E-state index in [2.05, 4.69) is 32.8 Å². The summed E-state index contributed by atoms with van der Waals surface area (Å²) in [5, 5.41) is 0. The third-order valence-corrected chi connectivity index (χ3v) is 2.96. The molecule has 0 atom stereocenters. The molecule has 100 valence electrons. The Bertz CT molecular complexity index is 590. The maximum absolute atomic E-state index is 13.4. The summed E-state index contributed by atoms with van der Waals surface area (Å²) in [7, 11) is 0. The van der Waals surface area contributed by atoms with E-state index in [1.165, 1.54) is 6.07 Å². The van der Waals surface area contributed by atoms with Crippen molar-refractivity contribution < 1.29 is 9.13 Å². The molecule has 1 aromatic heterocycles. The van der Waals surface area contributed by atoms with Crippen LogP contribution in [0, 0.1) is 12.7 Å². The van der Waals surface area contributed by atoms with Crippen molar-refractivity contribution in [3.05, 3.63) is 46.1 Å². The average Bonchev–Trinajstić information content (AvgIpc) is 2.33. The van der Waals surface area contributed by atoms with Gasteiger partial charge in [0.1, 0.15) is 22.0 Å². The molecule has 0 aliphatic rings. The first-order valence-corrected chi connectivity index (χ1v) is 6.85. The lowest BCUT2D eigenvalue weighted by Gasteiger charge is -2.07. The van der Waals surface area contributed by atoms with Gasteiger partial charge in [-0.15, -0.1) is 0 Å². The predicted molar refractivity (Wildman–Crippen MR) is 74.9 cm³/mol. The predicted octanol–water partition coefficient (Wildman–Crippen LogP) is 4.43. The van der Waals surface area contributed by atoms with Crippen molar-refractivity contribution in [2.24, 2.45) is 0 Å². The van der Waals surface area contributed by atoms with Crippen molar-refractivity contribution >= 4 is 15.9 Å². The second-order valence-electron chi connectivity index (χ2n) is 4.21. The molecule has 0 unspecified atom stereocenters. The molecule has 0 aliphatic carbocycles. The molecule has 2 rings (SSSR count). The monoisotopic (exact) mass is 324 g/mol. The molecule has 0 fully saturated rings. The number of hydrogen-bond donors (Lipinski definition) is 0. The quantitative estimate of drug-likeness (QED) is 0.780. The van der Waals surface area contributed by atoms with E-state index >= 15 is 0 Å². The standard InChI is InChI=1S/C14H14BrFN2O/c1-3-4-13-17-12(15)8-14(18-13)19-10-6-5-9(2)11(16)7-10/h5-8H,3-4H2,1-2H3. The Balaban J connectivity index is 2.24. The lowest BCUT2D eigenvalue weighted by Crippen LogP contribution is -1.98. The summed E-state index contributed by atoms with van der Waals surface area (Å²) >= 11 is 3.32. The highest BCUT2D eigenvalue weighted by Gasteiger charge is 2.06. The number of halogens is 2. The Morgan fingerprint density at radius 1 is 1.26 bits per heavy atom. The van der Waals surface area contributed by atoms with E-state index < -0.39 is 0 Å². The number of aromatic nitrogens is 2. The average molecular weight is 325 g/mol. The molecule has 1 heterocycles. The lowest BCUT2D eigenvalue weighted by atomic mass is 10.2. The smallest absolute Gasteiger partial charge is 0.223 e. The maximum atomic E-state index is 13.4. The van der Waals surface area contributed by atoms with Gasteiger partial charge in [-0.2, -0.15) is 4.98 Å². The SMILES string of the molecule is CCCc1nc(Br)cc(Oc2ccc(C)c(F)c2)n1. The molecule has 0 amide bonds. The highest BCUT2D eigenvalue weighted by molar-refractivity contribution is 9.10. The van der Waals surface area contributed by atoms with Crippen molar-refractivity contribution in [2.75, 3.05) is 0 Å². The van der Waals surface area contributed by atoms with Crippen LogP contribution in [-0.4, -0.2) is 9.97 Å². The van der Waals surface area contributed by atoms with Gasteiger partial charge in [0.15, 0.2) is 0 Å². The van der Waals surface area contributed by atoms with Crippen LogP contribution in [0.25, 0.3) is 0 Å². The Hall–Kier alpha value is -1.49. The van der Waals surface area contributed by atoms with Crippen LogP contribution in [0.1, 0.15) is 24.7 Å². The van der Waals surface area contributed by atoms with Crippen LogP contribution in [0.5, 0.6) is 11.6 Å². The van der Waals surface area contributed by atoms with Crippen LogP contribution in [0.4, 0.5) is 4.39 Å². The molecule has 19 heavy (non-hydrogen) atoms. The molecule has 0 saturated carbocycles. The van der Waals surface area contributed by atoms with Gasteiger partial charge in [-0.3, -0.25) is 0 Å². The summed E-state index contributed by atoms with van der Waals surface area (Å²) in [5.41, 5.74) is 0.586. The van der Waals surface area contributed by atoms with Crippen LogP contribution in [0.15, 0.2) is 28.9 Å². The van der Waals surface area contributed by atoms with Crippen LogP contribution in [0.2, 0.25) is 0 Å². The second kappa shape index (κ2) is 6.10. The van der Waals surface area contributed by atoms with Gasteiger partial charge in [-0.25, -0.2) is 9.37 Å². The van der Waals surface area contributed by atoms with Crippen molar-refractivity contribution in [3.63, 3.8) is 0 Å². The van der Waals surface area contributed by atoms with Gasteiger partial charge in [0, 0.05) is 18.6 Å². The van der Waals surface area contributed by atoms with Crippen LogP contribution < -0.4 is 4.74 Å². The van der Waals surface area contributed by atoms with Gasteiger partial charge < -0.3 is 4.74 Å². The fourth-order valence-corrected chi connectivity index (χ4v) is 1.99. The molecule has 0 aliphatic heterocycles. The summed E-state index contributed by atoms with van der Waals surface area (Å²) in [4.78, 5) is 8.53. The normalized spacial score (nSPS) is 10.5. The molecule has 0 bridgehead atoms. The molecule has 2 aromatic rings. The van der Waals surface area contributed by atoms with Gasteiger partial charge in [0.05, 0.1) is 0 Å². The number of benzene rings is 1. The maximum Gasteiger partial charge on any atom is 0.223 e. The van der Waals surface area contributed by atoms with Gasteiger partial charge in [-0.05, 0) is 40.9 Å². The summed E-state index contributed by atoms with van der Waals surface area (Å²) < 4.78 is 19.7. The fourth-order valence-electron chi connectivity index (χ4n) is 1.59. The largest absolute Gasteiger partial charge is 0.439 e. The number of rotatable bonds is 4. The summed E-state index contributed by atoms with van der Waals surface area (Å²) in [5.74, 6) is 1.25. The highest BCUT2D eigenvalue weighted by atomic mass is 79.9. The lowest BCUT2D eigenvalue weighted by molar-refractivity contribution is 0.452. The van der Waals surface area contributed by atoms with E-state index in [-0.39, 0.29) is 5.82 Å². The van der Waals surface area contributed by atoms with E-state index in [1.807, 2.05) is 0 Å². The van der Waals surface area contributed by atoms with Crippen LogP contribution in [0.3, 0.4) is 0 Å². The molecule has 1 aromatic carbocycles. The number of aryl methyl sites for hydroxylation is 2. The van der Waals surface area contributed by atoms with Gasteiger partial charge >= 0.3 is 0 Å². The molecule has 3 nitrogen and oxygen atoms in total. The van der Waals surface area contributed by atoms with Crippen molar-refractivity contribution in [3.8, 4) is 11.6 Å². The molecule has 0 N–H and O–H groups in total. The molecule has 0 saturated heterocycles. The minimum atomic E-state index is -0.292. The molecule has 0 spiro atoms. The van der Waals surface area contributed by atoms with Gasteiger partial charge in [0.25, 0.3) is 0 Å². The van der Waals surface area contributed by atoms with Crippen molar-refractivity contribution in [1.29, 1.82) is 0 Å². The third kappa shape index (κ3) is 3.73. The van der Waals surface area contributed by atoms with Gasteiger partial charge in [-0.1, -0.05) is 13.0 Å². The first kappa shape index (κ1) is 13.9. The number of hydrogen-bond acceptors (Lipinski definition) is 3. The fraction of sp³-hybridized carbons (Fsp3) is 0.286. The number of nitrogens with zero attached hydrogens (tertiary/aromatic N) is 2.